The third-order valence-corrected chi connectivity index (χ3v) is 7.14. The number of amides is 1. The zero-order chi connectivity index (χ0) is 19.3. The van der Waals surface area contributed by atoms with Crippen molar-refractivity contribution in [2.75, 3.05) is 38.5 Å². The number of benzene rings is 1. The highest BCUT2D eigenvalue weighted by atomic mass is 32.2. The fraction of sp³-hybridized carbons (Fsp3) is 0.429. The van der Waals surface area contributed by atoms with E-state index < -0.39 is 0 Å². The molecule has 1 aliphatic rings. The Morgan fingerprint density at radius 3 is 2.71 bits per heavy atom. The molecule has 0 saturated carbocycles. The number of piperazine rings is 1. The van der Waals surface area contributed by atoms with Crippen molar-refractivity contribution >= 4 is 40.0 Å². The zero-order valence-electron chi connectivity index (χ0n) is 16.2. The number of hydrogen-bond acceptors (Lipinski definition) is 5. The van der Waals surface area contributed by atoms with E-state index in [1.165, 1.54) is 4.88 Å². The SMILES string of the molecule is CCn1c(SCC(=O)N2CCN(CCc3cccs3)CC2)nc2ccccc21. The van der Waals surface area contributed by atoms with Gasteiger partial charge in [-0.15, -0.1) is 11.3 Å². The minimum absolute atomic E-state index is 0.220. The minimum atomic E-state index is 0.220. The molecule has 3 aromatic rings. The van der Waals surface area contributed by atoms with Gasteiger partial charge in [0.15, 0.2) is 5.16 Å². The number of thiophene rings is 1. The number of aryl methyl sites for hydroxylation is 1. The Balaban J connectivity index is 1.27. The summed E-state index contributed by atoms with van der Waals surface area (Å²) in [6.45, 7) is 7.65. The third-order valence-electron chi connectivity index (χ3n) is 5.24. The lowest BCUT2D eigenvalue weighted by Crippen LogP contribution is -2.49. The van der Waals surface area contributed by atoms with Gasteiger partial charge in [0.25, 0.3) is 0 Å². The summed E-state index contributed by atoms with van der Waals surface area (Å²) in [6, 6.07) is 12.5. The number of imidazole rings is 1. The highest BCUT2D eigenvalue weighted by Gasteiger charge is 2.22. The van der Waals surface area contributed by atoms with Crippen LogP contribution in [-0.2, 0) is 17.8 Å². The first-order valence-electron chi connectivity index (χ1n) is 9.85. The normalized spacial score (nSPS) is 15.4. The van der Waals surface area contributed by atoms with Crippen molar-refractivity contribution in [1.82, 2.24) is 19.4 Å². The maximum atomic E-state index is 12.7. The van der Waals surface area contributed by atoms with E-state index in [1.807, 2.05) is 34.4 Å². The Bertz CT molecular complexity index is 914. The van der Waals surface area contributed by atoms with Gasteiger partial charge in [0.1, 0.15) is 0 Å². The average molecular weight is 415 g/mol. The zero-order valence-corrected chi connectivity index (χ0v) is 17.8. The van der Waals surface area contributed by atoms with Gasteiger partial charge in [0.05, 0.1) is 16.8 Å². The van der Waals surface area contributed by atoms with Crippen LogP contribution in [0.15, 0.2) is 46.9 Å². The van der Waals surface area contributed by atoms with Crippen LogP contribution in [0.4, 0.5) is 0 Å². The van der Waals surface area contributed by atoms with E-state index in [0.717, 1.165) is 61.9 Å². The molecular formula is C21H26N4OS2. The van der Waals surface area contributed by atoms with Crippen LogP contribution in [0.1, 0.15) is 11.8 Å². The van der Waals surface area contributed by atoms with Crippen LogP contribution >= 0.6 is 23.1 Å². The van der Waals surface area contributed by atoms with Crippen LogP contribution < -0.4 is 0 Å². The second-order valence-electron chi connectivity index (χ2n) is 6.97. The third kappa shape index (κ3) is 4.42. The van der Waals surface area contributed by atoms with Crippen molar-refractivity contribution in [2.45, 2.75) is 25.0 Å². The second kappa shape index (κ2) is 9.11. The molecule has 0 unspecified atom stereocenters. The molecule has 3 heterocycles. The number of hydrogen-bond donors (Lipinski definition) is 0. The number of thioether (sulfide) groups is 1. The molecule has 5 nitrogen and oxygen atoms in total. The van der Waals surface area contributed by atoms with Crippen molar-refractivity contribution in [2.24, 2.45) is 0 Å². The summed E-state index contributed by atoms with van der Waals surface area (Å²) in [5.41, 5.74) is 2.14. The van der Waals surface area contributed by atoms with E-state index in [2.05, 4.69) is 40.0 Å². The molecule has 2 aromatic heterocycles. The maximum absolute atomic E-state index is 12.7. The number of rotatable bonds is 7. The van der Waals surface area contributed by atoms with Crippen molar-refractivity contribution in [1.29, 1.82) is 0 Å². The quantitative estimate of drug-likeness (QED) is 0.554. The van der Waals surface area contributed by atoms with Crippen molar-refractivity contribution < 1.29 is 4.79 Å². The molecule has 0 radical (unpaired) electrons. The topological polar surface area (TPSA) is 41.4 Å². The molecule has 0 aliphatic carbocycles. The Morgan fingerprint density at radius 1 is 1.14 bits per heavy atom. The molecule has 1 fully saturated rings. The van der Waals surface area contributed by atoms with E-state index in [0.29, 0.717) is 5.75 Å². The number of para-hydroxylation sites is 2. The fourth-order valence-corrected chi connectivity index (χ4v) is 5.31. The Hall–Kier alpha value is -1.83. The van der Waals surface area contributed by atoms with Gasteiger partial charge in [-0.1, -0.05) is 30.0 Å². The molecule has 1 aromatic carbocycles. The minimum Gasteiger partial charge on any atom is -0.339 e. The Labute approximate surface area is 174 Å². The standard InChI is InChI=1S/C21H26N4OS2/c1-2-25-19-8-4-3-7-18(19)22-21(25)28-16-20(26)24-13-11-23(12-14-24)10-9-17-6-5-15-27-17/h3-8,15H,2,9-14,16H2,1H3. The molecule has 148 valence electrons. The average Bonchev–Trinajstić information content (AvgIpc) is 3.38. The van der Waals surface area contributed by atoms with Crippen LogP contribution in [-0.4, -0.2) is 63.7 Å². The van der Waals surface area contributed by atoms with Crippen molar-refractivity contribution in [3.8, 4) is 0 Å². The molecule has 28 heavy (non-hydrogen) atoms. The lowest BCUT2D eigenvalue weighted by molar-refractivity contribution is -0.130. The summed E-state index contributed by atoms with van der Waals surface area (Å²) in [6.07, 6.45) is 1.11. The van der Waals surface area contributed by atoms with E-state index in [1.54, 1.807) is 11.8 Å². The summed E-state index contributed by atoms with van der Waals surface area (Å²) in [5.74, 6) is 0.677. The number of nitrogens with zero attached hydrogens (tertiary/aromatic N) is 4. The molecule has 1 amide bonds. The van der Waals surface area contributed by atoms with Crippen molar-refractivity contribution in [3.63, 3.8) is 0 Å². The van der Waals surface area contributed by atoms with Gasteiger partial charge in [0, 0.05) is 44.1 Å². The maximum Gasteiger partial charge on any atom is 0.233 e. The molecule has 0 spiro atoms. The molecule has 0 bridgehead atoms. The molecule has 4 rings (SSSR count). The molecule has 1 aliphatic heterocycles. The van der Waals surface area contributed by atoms with E-state index in [-0.39, 0.29) is 5.91 Å². The Morgan fingerprint density at radius 2 is 1.96 bits per heavy atom. The predicted octanol–water partition coefficient (Wildman–Crippen LogP) is 3.60. The smallest absolute Gasteiger partial charge is 0.233 e. The summed E-state index contributed by atoms with van der Waals surface area (Å²) >= 11 is 3.38. The van der Waals surface area contributed by atoms with E-state index in [9.17, 15) is 4.79 Å². The largest absolute Gasteiger partial charge is 0.339 e. The van der Waals surface area contributed by atoms with E-state index in [4.69, 9.17) is 4.98 Å². The lowest BCUT2D eigenvalue weighted by atomic mass is 10.2. The van der Waals surface area contributed by atoms with Gasteiger partial charge in [-0.3, -0.25) is 9.69 Å². The fourth-order valence-electron chi connectivity index (χ4n) is 3.63. The van der Waals surface area contributed by atoms with Gasteiger partial charge >= 0.3 is 0 Å². The summed E-state index contributed by atoms with van der Waals surface area (Å²) in [4.78, 5) is 23.3. The highest BCUT2D eigenvalue weighted by molar-refractivity contribution is 7.99. The van der Waals surface area contributed by atoms with Crippen LogP contribution in [0.2, 0.25) is 0 Å². The first kappa shape index (κ1) is 19.5. The summed E-state index contributed by atoms with van der Waals surface area (Å²) in [7, 11) is 0. The van der Waals surface area contributed by atoms with Crippen molar-refractivity contribution in [3.05, 3.63) is 46.7 Å². The first-order valence-corrected chi connectivity index (χ1v) is 11.7. The summed E-state index contributed by atoms with van der Waals surface area (Å²) < 4.78 is 2.19. The molecule has 7 heteroatoms. The van der Waals surface area contributed by atoms with Gasteiger partial charge in [0.2, 0.25) is 5.91 Å². The van der Waals surface area contributed by atoms with Gasteiger partial charge < -0.3 is 9.47 Å². The van der Waals surface area contributed by atoms with Crippen LogP contribution in [0.5, 0.6) is 0 Å². The lowest BCUT2D eigenvalue weighted by Gasteiger charge is -2.34. The number of fused-ring (bicyclic) bond motifs is 1. The molecule has 0 N–H and O–H groups in total. The van der Waals surface area contributed by atoms with E-state index >= 15 is 0 Å². The number of carbonyl (C=O) groups is 1. The van der Waals surface area contributed by atoms with Gasteiger partial charge in [-0.2, -0.15) is 0 Å². The molecule has 1 saturated heterocycles. The van der Waals surface area contributed by atoms with Crippen LogP contribution in [0.3, 0.4) is 0 Å². The highest BCUT2D eigenvalue weighted by Crippen LogP contribution is 2.24. The monoisotopic (exact) mass is 414 g/mol. The number of aromatic nitrogens is 2. The first-order chi connectivity index (χ1) is 13.7. The number of carbonyl (C=O) groups excluding carboxylic acids is 1. The predicted molar refractivity (Wildman–Crippen MR) is 117 cm³/mol. The van der Waals surface area contributed by atoms with Gasteiger partial charge in [-0.25, -0.2) is 4.98 Å². The second-order valence-corrected chi connectivity index (χ2v) is 8.94. The molecule has 0 atom stereocenters. The van der Waals surface area contributed by atoms with Crippen LogP contribution in [0.25, 0.3) is 11.0 Å². The molecular weight excluding hydrogens is 388 g/mol. The summed E-state index contributed by atoms with van der Waals surface area (Å²) in [5, 5.41) is 3.07. The van der Waals surface area contributed by atoms with Gasteiger partial charge in [-0.05, 0) is 36.9 Å². The van der Waals surface area contributed by atoms with Crippen LogP contribution in [0, 0.1) is 0 Å². The Kier molecular flexibility index (Phi) is 6.34.